The Morgan fingerprint density at radius 1 is 1.62 bits per heavy atom. The number of halogens is 3. The van der Waals surface area contributed by atoms with Gasteiger partial charge in [0.15, 0.2) is 0 Å². The van der Waals surface area contributed by atoms with Crippen LogP contribution in [0.3, 0.4) is 0 Å². The van der Waals surface area contributed by atoms with Crippen molar-refractivity contribution in [3.63, 3.8) is 0 Å². The number of alkyl halides is 3. The monoisotopic (exact) mass is 294 g/mol. The minimum atomic E-state index is -2.74. The van der Waals surface area contributed by atoms with Gasteiger partial charge in [0.05, 0.1) is 17.8 Å². The van der Waals surface area contributed by atoms with Gasteiger partial charge in [0, 0.05) is 5.33 Å². The van der Waals surface area contributed by atoms with Crippen molar-refractivity contribution >= 4 is 27.6 Å². The predicted molar refractivity (Wildman–Crippen MR) is 57.6 cm³/mol. The van der Waals surface area contributed by atoms with E-state index in [0.29, 0.717) is 5.56 Å². The molecule has 1 heterocycles. The maximum Gasteiger partial charge on any atom is 0.309 e. The molecule has 0 amide bonds. The molecule has 0 saturated heterocycles. The van der Waals surface area contributed by atoms with E-state index in [1.54, 1.807) is 0 Å². The molecule has 1 aromatic rings. The van der Waals surface area contributed by atoms with E-state index in [-0.39, 0.29) is 16.7 Å². The number of rotatable bonds is 4. The van der Waals surface area contributed by atoms with Crippen LogP contribution in [0.5, 0.6) is 0 Å². The number of aromatic nitrogens is 1. The minimum absolute atomic E-state index is 0.0280. The summed E-state index contributed by atoms with van der Waals surface area (Å²) in [6.07, 6.45) is -3.21. The van der Waals surface area contributed by atoms with Crippen LogP contribution < -0.4 is 5.73 Å². The van der Waals surface area contributed by atoms with Crippen LogP contribution in [0.25, 0.3) is 0 Å². The number of nitrogen functional groups attached to an aromatic ring is 1. The van der Waals surface area contributed by atoms with Crippen LogP contribution in [0.15, 0.2) is 6.07 Å². The van der Waals surface area contributed by atoms with E-state index in [1.807, 2.05) is 0 Å². The van der Waals surface area contributed by atoms with Crippen molar-refractivity contribution in [3.05, 3.63) is 23.0 Å². The summed E-state index contributed by atoms with van der Waals surface area (Å²) in [5, 5.41) is 8.86. The van der Waals surface area contributed by atoms with Crippen molar-refractivity contribution in [1.82, 2.24) is 4.98 Å². The summed E-state index contributed by atoms with van der Waals surface area (Å²) < 4.78 is 24.9. The average Bonchev–Trinajstić information content (AvgIpc) is 2.20. The second-order valence-electron chi connectivity index (χ2n) is 3.07. The van der Waals surface area contributed by atoms with Crippen LogP contribution in [-0.4, -0.2) is 16.1 Å². The molecule has 0 aliphatic rings. The number of aliphatic carboxylic acids is 1. The number of anilines is 1. The van der Waals surface area contributed by atoms with Crippen LogP contribution in [-0.2, 0) is 16.5 Å². The highest BCUT2D eigenvalue weighted by molar-refractivity contribution is 9.08. The third-order valence-electron chi connectivity index (χ3n) is 1.93. The Hall–Kier alpha value is -1.24. The Morgan fingerprint density at radius 3 is 2.69 bits per heavy atom. The van der Waals surface area contributed by atoms with Crippen LogP contribution in [0.1, 0.15) is 23.4 Å². The summed E-state index contributed by atoms with van der Waals surface area (Å²) in [4.78, 5) is 14.1. The molecule has 4 nitrogen and oxygen atoms in total. The molecule has 0 aliphatic carbocycles. The quantitative estimate of drug-likeness (QED) is 0.834. The molecule has 0 saturated carbocycles. The molecule has 0 unspecified atom stereocenters. The SMILES string of the molecule is Nc1c(CBr)cc(C(F)F)nc1CC(=O)O. The second kappa shape index (κ2) is 5.20. The maximum absolute atomic E-state index is 12.5. The van der Waals surface area contributed by atoms with Crippen molar-refractivity contribution in [3.8, 4) is 0 Å². The number of carbonyl (C=O) groups is 1. The third-order valence-corrected chi connectivity index (χ3v) is 2.53. The molecule has 0 radical (unpaired) electrons. The number of hydrogen-bond acceptors (Lipinski definition) is 3. The van der Waals surface area contributed by atoms with Gasteiger partial charge in [-0.25, -0.2) is 13.8 Å². The van der Waals surface area contributed by atoms with Gasteiger partial charge in [-0.05, 0) is 11.6 Å². The first-order valence-electron chi connectivity index (χ1n) is 4.29. The number of nitrogens with zero attached hydrogens (tertiary/aromatic N) is 1. The largest absolute Gasteiger partial charge is 0.481 e. The smallest absolute Gasteiger partial charge is 0.309 e. The topological polar surface area (TPSA) is 76.2 Å². The molecule has 16 heavy (non-hydrogen) atoms. The zero-order valence-electron chi connectivity index (χ0n) is 8.08. The van der Waals surface area contributed by atoms with Gasteiger partial charge in [-0.2, -0.15) is 0 Å². The van der Waals surface area contributed by atoms with Gasteiger partial charge in [0.2, 0.25) is 0 Å². The number of carboxylic acids is 1. The molecule has 0 aromatic carbocycles. The highest BCUT2D eigenvalue weighted by Gasteiger charge is 2.16. The summed E-state index contributed by atoms with van der Waals surface area (Å²) >= 11 is 3.09. The first kappa shape index (κ1) is 12.8. The molecule has 0 aliphatic heterocycles. The van der Waals surface area contributed by atoms with Gasteiger partial charge >= 0.3 is 5.97 Å². The number of nitrogens with two attached hydrogens (primary N) is 1. The van der Waals surface area contributed by atoms with E-state index in [2.05, 4.69) is 20.9 Å². The van der Waals surface area contributed by atoms with Gasteiger partial charge in [0.25, 0.3) is 6.43 Å². The van der Waals surface area contributed by atoms with Crippen molar-refractivity contribution in [2.24, 2.45) is 0 Å². The predicted octanol–water partition coefficient (Wildman–Crippen LogP) is 2.12. The highest BCUT2D eigenvalue weighted by Crippen LogP contribution is 2.25. The Kier molecular flexibility index (Phi) is 4.17. The Balaban J connectivity index is 3.24. The second-order valence-corrected chi connectivity index (χ2v) is 3.63. The molecular formula is C9H9BrF2N2O2. The van der Waals surface area contributed by atoms with E-state index in [9.17, 15) is 13.6 Å². The van der Waals surface area contributed by atoms with Crippen molar-refractivity contribution in [2.75, 3.05) is 5.73 Å². The highest BCUT2D eigenvalue weighted by atomic mass is 79.9. The van der Waals surface area contributed by atoms with E-state index in [0.717, 1.165) is 0 Å². The van der Waals surface area contributed by atoms with Gasteiger partial charge < -0.3 is 10.8 Å². The van der Waals surface area contributed by atoms with Crippen LogP contribution in [0.4, 0.5) is 14.5 Å². The van der Waals surface area contributed by atoms with Gasteiger partial charge in [-0.1, -0.05) is 15.9 Å². The summed E-state index contributed by atoms with van der Waals surface area (Å²) in [6.45, 7) is 0. The van der Waals surface area contributed by atoms with Crippen molar-refractivity contribution in [2.45, 2.75) is 18.2 Å². The molecule has 0 fully saturated rings. The van der Waals surface area contributed by atoms with E-state index < -0.39 is 24.5 Å². The van der Waals surface area contributed by atoms with Crippen LogP contribution >= 0.6 is 15.9 Å². The normalized spacial score (nSPS) is 10.8. The lowest BCUT2D eigenvalue weighted by Crippen LogP contribution is -2.10. The van der Waals surface area contributed by atoms with E-state index in [1.165, 1.54) is 6.07 Å². The first-order valence-corrected chi connectivity index (χ1v) is 5.42. The van der Waals surface area contributed by atoms with Crippen LogP contribution in [0.2, 0.25) is 0 Å². The zero-order chi connectivity index (χ0) is 12.3. The fourth-order valence-electron chi connectivity index (χ4n) is 1.19. The summed E-state index contributed by atoms with van der Waals surface area (Å²) in [5.41, 5.74) is 5.68. The Bertz CT molecular complexity index is 413. The number of pyridine rings is 1. The molecule has 88 valence electrons. The van der Waals surface area contributed by atoms with Gasteiger partial charge in [0.1, 0.15) is 5.69 Å². The molecule has 3 N–H and O–H groups in total. The molecular weight excluding hydrogens is 286 g/mol. The molecule has 0 bridgehead atoms. The Labute approximate surface area is 98.6 Å². The van der Waals surface area contributed by atoms with E-state index >= 15 is 0 Å². The van der Waals surface area contributed by atoms with Crippen LogP contribution in [0, 0.1) is 0 Å². The molecule has 0 atom stereocenters. The molecule has 1 aromatic heterocycles. The summed E-state index contributed by atoms with van der Waals surface area (Å²) in [6, 6.07) is 1.17. The van der Waals surface area contributed by atoms with E-state index in [4.69, 9.17) is 10.8 Å². The maximum atomic E-state index is 12.5. The van der Waals surface area contributed by atoms with Gasteiger partial charge in [-0.3, -0.25) is 4.79 Å². The fraction of sp³-hybridized carbons (Fsp3) is 0.333. The number of hydrogen-bond donors (Lipinski definition) is 2. The molecule has 0 spiro atoms. The standard InChI is InChI=1S/C9H9BrF2N2O2/c10-3-4-1-6(9(11)12)14-5(8(4)13)2-7(15)16/h1,9H,2-3,13H2,(H,15,16). The van der Waals surface area contributed by atoms with Crippen molar-refractivity contribution < 1.29 is 18.7 Å². The summed E-state index contributed by atoms with van der Waals surface area (Å²) in [7, 11) is 0. The van der Waals surface area contributed by atoms with Gasteiger partial charge in [-0.15, -0.1) is 0 Å². The average molecular weight is 295 g/mol. The lowest BCUT2D eigenvalue weighted by molar-refractivity contribution is -0.136. The summed E-state index contributed by atoms with van der Waals surface area (Å²) in [5.74, 6) is -1.16. The lowest BCUT2D eigenvalue weighted by Gasteiger charge is -2.10. The third kappa shape index (κ3) is 2.88. The minimum Gasteiger partial charge on any atom is -0.481 e. The van der Waals surface area contributed by atoms with Crippen molar-refractivity contribution in [1.29, 1.82) is 0 Å². The molecule has 7 heteroatoms. The Morgan fingerprint density at radius 2 is 2.25 bits per heavy atom. The fourth-order valence-corrected chi connectivity index (χ4v) is 1.65. The first-order chi connectivity index (χ1) is 7.45. The lowest BCUT2D eigenvalue weighted by atomic mass is 10.1. The zero-order valence-corrected chi connectivity index (χ0v) is 9.67. The number of carboxylic acid groups (broad SMARTS) is 1. The molecule has 1 rings (SSSR count).